The number of benzene rings is 2. The third-order valence-corrected chi connectivity index (χ3v) is 6.55. The molecule has 1 fully saturated rings. The van der Waals surface area contributed by atoms with Crippen LogP contribution in [0.15, 0.2) is 48.5 Å². The highest BCUT2D eigenvalue weighted by Crippen LogP contribution is 2.24. The van der Waals surface area contributed by atoms with Gasteiger partial charge in [-0.2, -0.15) is 28.8 Å². The number of anilines is 1. The maximum atomic E-state index is 12.0. The van der Waals surface area contributed by atoms with E-state index in [1.807, 2.05) is 23.5 Å². The van der Waals surface area contributed by atoms with Crippen molar-refractivity contribution in [2.45, 2.75) is 5.25 Å². The summed E-state index contributed by atoms with van der Waals surface area (Å²) in [7, 11) is 0. The second kappa shape index (κ2) is 9.41. The largest absolute Gasteiger partial charge is 0.457 e. The molecule has 0 radical (unpaired) electrons. The highest BCUT2D eigenvalue weighted by molar-refractivity contribution is 8.06. The topological polar surface area (TPSA) is 74.1 Å². The smallest absolute Gasteiger partial charge is 0.319 e. The van der Waals surface area contributed by atoms with Crippen LogP contribution in [0.1, 0.15) is 5.56 Å². The SMILES string of the molecule is N#Cc1ccc(Oc2ccc(NC(=O)NCC3CSCCS3)cc2)cc1. The van der Waals surface area contributed by atoms with Crippen LogP contribution in [-0.2, 0) is 0 Å². The van der Waals surface area contributed by atoms with Crippen LogP contribution in [0.2, 0.25) is 0 Å². The van der Waals surface area contributed by atoms with E-state index in [0.29, 0.717) is 34.5 Å². The van der Waals surface area contributed by atoms with Crippen molar-refractivity contribution in [3.63, 3.8) is 0 Å². The molecule has 5 nitrogen and oxygen atoms in total. The van der Waals surface area contributed by atoms with Crippen molar-refractivity contribution in [2.24, 2.45) is 0 Å². The zero-order chi connectivity index (χ0) is 18.2. The molecule has 0 aromatic heterocycles. The highest BCUT2D eigenvalue weighted by atomic mass is 32.2. The van der Waals surface area contributed by atoms with Gasteiger partial charge in [-0.3, -0.25) is 0 Å². The fraction of sp³-hybridized carbons (Fsp3) is 0.263. The molecule has 26 heavy (non-hydrogen) atoms. The lowest BCUT2D eigenvalue weighted by atomic mass is 10.2. The van der Waals surface area contributed by atoms with E-state index in [-0.39, 0.29) is 6.03 Å². The summed E-state index contributed by atoms with van der Waals surface area (Å²) in [5, 5.41) is 15.0. The number of hydrogen-bond acceptors (Lipinski definition) is 5. The van der Waals surface area contributed by atoms with Gasteiger partial charge in [0.15, 0.2) is 0 Å². The van der Waals surface area contributed by atoms with Crippen LogP contribution in [-0.4, -0.2) is 35.1 Å². The third kappa shape index (κ3) is 5.61. The standard InChI is InChI=1S/C19H19N3O2S2/c20-11-14-1-5-16(6-2-14)24-17-7-3-15(4-8-17)22-19(23)21-12-18-13-25-9-10-26-18/h1-8,18H,9-10,12-13H2,(H2,21,22,23). The van der Waals surface area contributed by atoms with E-state index in [2.05, 4.69) is 16.7 Å². The lowest BCUT2D eigenvalue weighted by molar-refractivity contribution is 0.252. The molecule has 1 atom stereocenters. The minimum Gasteiger partial charge on any atom is -0.457 e. The molecular weight excluding hydrogens is 366 g/mol. The van der Waals surface area contributed by atoms with E-state index in [9.17, 15) is 4.79 Å². The molecule has 2 aromatic rings. The van der Waals surface area contributed by atoms with E-state index in [0.717, 1.165) is 11.5 Å². The van der Waals surface area contributed by atoms with E-state index in [1.54, 1.807) is 48.5 Å². The van der Waals surface area contributed by atoms with E-state index < -0.39 is 0 Å². The van der Waals surface area contributed by atoms with Crippen molar-refractivity contribution >= 4 is 35.2 Å². The predicted octanol–water partition coefficient (Wildman–Crippen LogP) is 4.32. The second-order valence-electron chi connectivity index (χ2n) is 5.67. The normalized spacial score (nSPS) is 16.3. The zero-order valence-electron chi connectivity index (χ0n) is 14.1. The summed E-state index contributed by atoms with van der Waals surface area (Å²) in [6.45, 7) is 0.684. The van der Waals surface area contributed by atoms with Crippen LogP contribution in [0, 0.1) is 11.3 Å². The quantitative estimate of drug-likeness (QED) is 0.802. The minimum absolute atomic E-state index is 0.193. The molecule has 1 aliphatic rings. The summed E-state index contributed by atoms with van der Waals surface area (Å²) in [5.41, 5.74) is 1.30. The van der Waals surface area contributed by atoms with Crippen LogP contribution in [0.25, 0.3) is 0 Å². The Hall–Kier alpha value is -2.30. The predicted molar refractivity (Wildman–Crippen MR) is 108 cm³/mol. The van der Waals surface area contributed by atoms with Gasteiger partial charge in [0.2, 0.25) is 0 Å². The number of carbonyl (C=O) groups is 1. The van der Waals surface area contributed by atoms with Crippen LogP contribution in [0.3, 0.4) is 0 Å². The summed E-state index contributed by atoms with van der Waals surface area (Å²) >= 11 is 3.86. The van der Waals surface area contributed by atoms with Crippen molar-refractivity contribution < 1.29 is 9.53 Å². The van der Waals surface area contributed by atoms with Gasteiger partial charge in [0.1, 0.15) is 11.5 Å². The van der Waals surface area contributed by atoms with Crippen LogP contribution < -0.4 is 15.4 Å². The molecule has 1 unspecified atom stereocenters. The number of urea groups is 1. The molecule has 0 spiro atoms. The second-order valence-corrected chi connectivity index (χ2v) is 8.22. The molecule has 1 saturated heterocycles. The fourth-order valence-electron chi connectivity index (χ4n) is 2.38. The third-order valence-electron chi connectivity index (χ3n) is 3.71. The first-order valence-electron chi connectivity index (χ1n) is 8.25. The summed E-state index contributed by atoms with van der Waals surface area (Å²) < 4.78 is 5.72. The molecular formula is C19H19N3O2S2. The number of nitrogens with zero attached hydrogens (tertiary/aromatic N) is 1. The van der Waals surface area contributed by atoms with Crippen LogP contribution in [0.5, 0.6) is 11.5 Å². The summed E-state index contributed by atoms with van der Waals surface area (Å²) in [4.78, 5) is 12.0. The highest BCUT2D eigenvalue weighted by Gasteiger charge is 2.15. The number of amides is 2. The number of nitriles is 1. The lowest BCUT2D eigenvalue weighted by Crippen LogP contribution is -2.36. The monoisotopic (exact) mass is 385 g/mol. The fourth-order valence-corrected chi connectivity index (χ4v) is 4.99. The number of ether oxygens (including phenoxy) is 1. The Balaban J connectivity index is 1.47. The van der Waals surface area contributed by atoms with Gasteiger partial charge in [-0.25, -0.2) is 4.79 Å². The maximum Gasteiger partial charge on any atom is 0.319 e. The van der Waals surface area contributed by atoms with Gasteiger partial charge in [0.05, 0.1) is 11.6 Å². The first kappa shape index (κ1) is 18.5. The summed E-state index contributed by atoms with van der Waals surface area (Å²) in [6, 6.07) is 16.0. The Morgan fingerprint density at radius 3 is 2.42 bits per heavy atom. The first-order valence-corrected chi connectivity index (χ1v) is 10.5. The average molecular weight is 386 g/mol. The summed E-state index contributed by atoms with van der Waals surface area (Å²) in [5.74, 6) is 4.76. The molecule has 1 aliphatic heterocycles. The van der Waals surface area contributed by atoms with Gasteiger partial charge in [-0.05, 0) is 48.5 Å². The molecule has 134 valence electrons. The van der Waals surface area contributed by atoms with Crippen LogP contribution in [0.4, 0.5) is 10.5 Å². The molecule has 2 amide bonds. The van der Waals surface area contributed by atoms with Crippen molar-refractivity contribution in [3.8, 4) is 17.6 Å². The van der Waals surface area contributed by atoms with Gasteiger partial charge in [0, 0.05) is 34.7 Å². The van der Waals surface area contributed by atoms with Gasteiger partial charge in [-0.1, -0.05) is 0 Å². The van der Waals surface area contributed by atoms with Gasteiger partial charge >= 0.3 is 6.03 Å². The van der Waals surface area contributed by atoms with Crippen molar-refractivity contribution in [1.82, 2.24) is 5.32 Å². The molecule has 3 rings (SSSR count). The number of thioether (sulfide) groups is 2. The van der Waals surface area contributed by atoms with Crippen molar-refractivity contribution in [2.75, 3.05) is 29.1 Å². The number of carbonyl (C=O) groups excluding carboxylic acids is 1. The zero-order valence-corrected chi connectivity index (χ0v) is 15.7. The number of hydrogen-bond donors (Lipinski definition) is 2. The molecule has 0 bridgehead atoms. The molecule has 0 aliphatic carbocycles. The van der Waals surface area contributed by atoms with Gasteiger partial charge < -0.3 is 15.4 Å². The van der Waals surface area contributed by atoms with Crippen LogP contribution >= 0.6 is 23.5 Å². The molecule has 1 heterocycles. The minimum atomic E-state index is -0.193. The van der Waals surface area contributed by atoms with Gasteiger partial charge in [0.25, 0.3) is 0 Å². The van der Waals surface area contributed by atoms with E-state index >= 15 is 0 Å². The maximum absolute atomic E-state index is 12.0. The Kier molecular flexibility index (Phi) is 6.69. The Morgan fingerprint density at radius 1 is 1.12 bits per heavy atom. The average Bonchev–Trinajstić information content (AvgIpc) is 2.69. The van der Waals surface area contributed by atoms with Crippen molar-refractivity contribution in [3.05, 3.63) is 54.1 Å². The van der Waals surface area contributed by atoms with E-state index in [4.69, 9.17) is 10.00 Å². The lowest BCUT2D eigenvalue weighted by Gasteiger charge is -2.21. The number of rotatable bonds is 5. The van der Waals surface area contributed by atoms with Gasteiger partial charge in [-0.15, -0.1) is 0 Å². The Labute approximate surface area is 161 Å². The van der Waals surface area contributed by atoms with Crippen molar-refractivity contribution in [1.29, 1.82) is 5.26 Å². The Morgan fingerprint density at radius 2 is 1.81 bits per heavy atom. The van der Waals surface area contributed by atoms with E-state index in [1.165, 1.54) is 5.75 Å². The molecule has 2 aromatic carbocycles. The summed E-state index contributed by atoms with van der Waals surface area (Å²) in [6.07, 6.45) is 0. The molecule has 2 N–H and O–H groups in total. The Bertz CT molecular complexity index is 767. The number of nitrogens with one attached hydrogen (secondary N) is 2. The molecule has 7 heteroatoms. The molecule has 0 saturated carbocycles. The first-order chi connectivity index (χ1) is 12.7.